The molecule has 0 radical (unpaired) electrons. The molecule has 1 aromatic carbocycles. The number of piperazine rings is 1. The quantitative estimate of drug-likeness (QED) is 0.899. The molecule has 0 aromatic heterocycles. The van der Waals surface area contributed by atoms with Gasteiger partial charge in [-0.25, -0.2) is 13.2 Å². The molecule has 1 saturated heterocycles. The molecule has 1 saturated carbocycles. The van der Waals surface area contributed by atoms with E-state index in [1.165, 1.54) is 29.3 Å². The van der Waals surface area contributed by atoms with Crippen LogP contribution >= 0.6 is 0 Å². The number of nitrogens with zero attached hydrogens (tertiary/aromatic N) is 2. The van der Waals surface area contributed by atoms with Crippen LogP contribution in [-0.2, 0) is 10.0 Å². The normalized spacial score (nSPS) is 21.0. The first kappa shape index (κ1) is 15.5. The molecule has 0 spiro atoms. The number of rotatable bonds is 4. The highest BCUT2D eigenvalue weighted by Gasteiger charge is 2.35. The molecule has 120 valence electrons. The van der Waals surface area contributed by atoms with Crippen molar-refractivity contribution >= 4 is 16.0 Å². The van der Waals surface area contributed by atoms with Gasteiger partial charge in [-0.1, -0.05) is 6.07 Å². The maximum atomic E-state index is 12.8. The zero-order chi connectivity index (χ0) is 15.9. The van der Waals surface area contributed by atoms with Crippen LogP contribution in [0.4, 0.5) is 0 Å². The number of carbonyl (C=O) groups is 1. The molecule has 1 aliphatic heterocycles. The van der Waals surface area contributed by atoms with Crippen molar-refractivity contribution in [2.24, 2.45) is 0 Å². The van der Waals surface area contributed by atoms with E-state index >= 15 is 0 Å². The van der Waals surface area contributed by atoms with E-state index in [0.29, 0.717) is 24.7 Å². The van der Waals surface area contributed by atoms with Gasteiger partial charge in [-0.3, -0.25) is 4.90 Å². The molecule has 0 atom stereocenters. The van der Waals surface area contributed by atoms with Crippen molar-refractivity contribution in [2.75, 3.05) is 26.2 Å². The molecule has 2 aliphatic rings. The van der Waals surface area contributed by atoms with Gasteiger partial charge < -0.3 is 5.11 Å². The molecule has 0 amide bonds. The van der Waals surface area contributed by atoms with Crippen molar-refractivity contribution in [2.45, 2.75) is 30.7 Å². The standard InChI is InChI=1S/C15H20N2O4S/c1-11-2-3-12(15(18)19)10-14(11)22(20,21)17-8-6-16(7-9-17)13-4-5-13/h2-3,10,13H,4-9H2,1H3,(H,18,19). The molecule has 1 heterocycles. The first-order valence-corrected chi connectivity index (χ1v) is 8.92. The second-order valence-electron chi connectivity index (χ2n) is 5.96. The first-order chi connectivity index (χ1) is 10.4. The molecule has 0 bridgehead atoms. The topological polar surface area (TPSA) is 77.9 Å². The molecule has 22 heavy (non-hydrogen) atoms. The van der Waals surface area contributed by atoms with Gasteiger partial charge in [0, 0.05) is 32.2 Å². The molecule has 7 heteroatoms. The molecule has 0 unspecified atom stereocenters. The van der Waals surface area contributed by atoms with Gasteiger partial charge in [0.15, 0.2) is 0 Å². The summed E-state index contributed by atoms with van der Waals surface area (Å²) < 4.78 is 27.1. The largest absolute Gasteiger partial charge is 0.478 e. The van der Waals surface area contributed by atoms with Crippen LogP contribution in [0.3, 0.4) is 0 Å². The van der Waals surface area contributed by atoms with Crippen LogP contribution < -0.4 is 0 Å². The van der Waals surface area contributed by atoms with Crippen molar-refractivity contribution in [3.63, 3.8) is 0 Å². The first-order valence-electron chi connectivity index (χ1n) is 7.48. The molecule has 2 fully saturated rings. The number of aromatic carboxylic acids is 1. The Morgan fingerprint density at radius 3 is 2.36 bits per heavy atom. The molecule has 1 aromatic rings. The third-order valence-electron chi connectivity index (χ3n) is 4.39. The lowest BCUT2D eigenvalue weighted by atomic mass is 10.1. The highest BCUT2D eigenvalue weighted by atomic mass is 32.2. The molecular formula is C15H20N2O4S. The van der Waals surface area contributed by atoms with Crippen LogP contribution in [0.2, 0.25) is 0 Å². The maximum absolute atomic E-state index is 12.8. The highest BCUT2D eigenvalue weighted by molar-refractivity contribution is 7.89. The van der Waals surface area contributed by atoms with Crippen LogP contribution in [0.15, 0.2) is 23.1 Å². The van der Waals surface area contributed by atoms with Gasteiger partial charge in [0.2, 0.25) is 10.0 Å². The summed E-state index contributed by atoms with van der Waals surface area (Å²) in [5, 5.41) is 9.06. The summed E-state index contributed by atoms with van der Waals surface area (Å²) in [6.45, 7) is 4.13. The second-order valence-corrected chi connectivity index (χ2v) is 7.86. The Labute approximate surface area is 130 Å². The van der Waals surface area contributed by atoms with E-state index < -0.39 is 16.0 Å². The van der Waals surface area contributed by atoms with E-state index in [-0.39, 0.29) is 10.5 Å². The predicted molar refractivity (Wildman–Crippen MR) is 81.5 cm³/mol. The second kappa shape index (κ2) is 5.64. The molecular weight excluding hydrogens is 304 g/mol. The Morgan fingerprint density at radius 2 is 1.82 bits per heavy atom. The fourth-order valence-electron chi connectivity index (χ4n) is 2.90. The van der Waals surface area contributed by atoms with E-state index in [1.54, 1.807) is 13.0 Å². The van der Waals surface area contributed by atoms with E-state index in [1.807, 2.05) is 0 Å². The van der Waals surface area contributed by atoms with Crippen LogP contribution in [0.5, 0.6) is 0 Å². The van der Waals surface area contributed by atoms with Gasteiger partial charge in [-0.05, 0) is 37.5 Å². The van der Waals surface area contributed by atoms with Crippen molar-refractivity contribution in [3.05, 3.63) is 29.3 Å². The average molecular weight is 324 g/mol. The Bertz CT molecular complexity index is 689. The van der Waals surface area contributed by atoms with Crippen LogP contribution in [0.1, 0.15) is 28.8 Å². The number of sulfonamides is 1. The predicted octanol–water partition coefficient (Wildman–Crippen LogP) is 1.16. The van der Waals surface area contributed by atoms with Crippen LogP contribution in [-0.4, -0.2) is 60.9 Å². The van der Waals surface area contributed by atoms with Crippen molar-refractivity contribution in [1.29, 1.82) is 0 Å². The van der Waals surface area contributed by atoms with E-state index in [9.17, 15) is 13.2 Å². The van der Waals surface area contributed by atoms with Crippen LogP contribution in [0, 0.1) is 6.92 Å². The maximum Gasteiger partial charge on any atom is 0.335 e. The van der Waals surface area contributed by atoms with Crippen molar-refractivity contribution in [3.8, 4) is 0 Å². The van der Waals surface area contributed by atoms with Gasteiger partial charge >= 0.3 is 5.97 Å². The minimum Gasteiger partial charge on any atom is -0.478 e. The fraction of sp³-hybridized carbons (Fsp3) is 0.533. The molecule has 1 aliphatic carbocycles. The molecule has 6 nitrogen and oxygen atoms in total. The number of carboxylic acid groups (broad SMARTS) is 1. The Morgan fingerprint density at radius 1 is 1.18 bits per heavy atom. The summed E-state index contributed by atoms with van der Waals surface area (Å²) >= 11 is 0. The third kappa shape index (κ3) is 2.88. The zero-order valence-electron chi connectivity index (χ0n) is 12.5. The van der Waals surface area contributed by atoms with Gasteiger partial charge in [-0.2, -0.15) is 4.31 Å². The lowest BCUT2D eigenvalue weighted by Gasteiger charge is -2.34. The Hall–Kier alpha value is -1.44. The minimum atomic E-state index is -3.63. The number of aryl methyl sites for hydroxylation is 1. The average Bonchev–Trinajstić information content (AvgIpc) is 3.32. The summed E-state index contributed by atoms with van der Waals surface area (Å²) in [5.41, 5.74) is 0.579. The Kier molecular flexibility index (Phi) is 3.96. The van der Waals surface area contributed by atoms with Crippen LogP contribution in [0.25, 0.3) is 0 Å². The summed E-state index contributed by atoms with van der Waals surface area (Å²) in [6, 6.07) is 4.89. The summed E-state index contributed by atoms with van der Waals surface area (Å²) in [5.74, 6) is -1.12. The summed E-state index contributed by atoms with van der Waals surface area (Å²) in [4.78, 5) is 13.5. The van der Waals surface area contributed by atoms with E-state index in [0.717, 1.165) is 13.1 Å². The Balaban J connectivity index is 1.83. The highest BCUT2D eigenvalue weighted by Crippen LogP contribution is 2.29. The zero-order valence-corrected chi connectivity index (χ0v) is 13.3. The van der Waals surface area contributed by atoms with Crippen molar-refractivity contribution < 1.29 is 18.3 Å². The SMILES string of the molecule is Cc1ccc(C(=O)O)cc1S(=O)(=O)N1CCN(C2CC2)CC1. The van der Waals surface area contributed by atoms with E-state index in [4.69, 9.17) is 5.11 Å². The summed E-state index contributed by atoms with van der Waals surface area (Å²) in [6.07, 6.45) is 2.43. The lowest BCUT2D eigenvalue weighted by molar-refractivity contribution is 0.0696. The van der Waals surface area contributed by atoms with Gasteiger partial charge in [0.1, 0.15) is 0 Å². The van der Waals surface area contributed by atoms with E-state index in [2.05, 4.69) is 4.90 Å². The van der Waals surface area contributed by atoms with Gasteiger partial charge in [0.25, 0.3) is 0 Å². The lowest BCUT2D eigenvalue weighted by Crippen LogP contribution is -2.49. The number of hydrogen-bond donors (Lipinski definition) is 1. The fourth-order valence-corrected chi connectivity index (χ4v) is 4.57. The van der Waals surface area contributed by atoms with Gasteiger partial charge in [0.05, 0.1) is 10.5 Å². The molecule has 1 N–H and O–H groups in total. The number of benzene rings is 1. The third-order valence-corrected chi connectivity index (χ3v) is 6.43. The number of carboxylic acids is 1. The minimum absolute atomic E-state index is 0.000733. The monoisotopic (exact) mass is 324 g/mol. The molecule has 3 rings (SSSR count). The van der Waals surface area contributed by atoms with Crippen molar-refractivity contribution in [1.82, 2.24) is 9.21 Å². The van der Waals surface area contributed by atoms with Gasteiger partial charge in [-0.15, -0.1) is 0 Å². The number of hydrogen-bond acceptors (Lipinski definition) is 4. The smallest absolute Gasteiger partial charge is 0.335 e. The summed E-state index contributed by atoms with van der Waals surface area (Å²) in [7, 11) is -3.63.